The maximum Gasteiger partial charge on any atom is 0.140 e. The molecule has 4 nitrogen and oxygen atoms in total. The van der Waals surface area contributed by atoms with Crippen LogP contribution in [0.5, 0.6) is 0 Å². The van der Waals surface area contributed by atoms with Crippen LogP contribution in [0.1, 0.15) is 32.1 Å². The van der Waals surface area contributed by atoms with Crippen LogP contribution < -0.4 is 4.90 Å². The summed E-state index contributed by atoms with van der Waals surface area (Å²) in [5.74, 6) is 1.92. The minimum absolute atomic E-state index is 0.510. The van der Waals surface area contributed by atoms with Gasteiger partial charge in [-0.25, -0.2) is 9.97 Å². The van der Waals surface area contributed by atoms with Gasteiger partial charge in [0.15, 0.2) is 0 Å². The van der Waals surface area contributed by atoms with Gasteiger partial charge >= 0.3 is 0 Å². The summed E-state index contributed by atoms with van der Waals surface area (Å²) in [6.45, 7) is 12.9. The number of rotatable bonds is 4. The van der Waals surface area contributed by atoms with Crippen molar-refractivity contribution in [3.8, 4) is 0 Å². The van der Waals surface area contributed by atoms with Crippen molar-refractivity contribution >= 4 is 27.4 Å². The van der Waals surface area contributed by atoms with Crippen LogP contribution in [0.2, 0.25) is 0 Å². The molecule has 2 aliphatic rings. The van der Waals surface area contributed by atoms with Gasteiger partial charge in [-0.05, 0) is 31.4 Å². The molecule has 2 saturated heterocycles. The monoisotopic (exact) mass is 330 g/mol. The molecule has 2 aromatic heterocycles. The number of likely N-dealkylation sites (tertiary alicyclic amines) is 1. The molecule has 124 valence electrons. The van der Waals surface area contributed by atoms with Gasteiger partial charge < -0.3 is 9.80 Å². The number of hydrogen-bond donors (Lipinski definition) is 0. The summed E-state index contributed by atoms with van der Waals surface area (Å²) in [5, 5.41) is 1.25. The lowest BCUT2D eigenvalue weighted by molar-refractivity contribution is 0.196. The van der Waals surface area contributed by atoms with Gasteiger partial charge in [-0.2, -0.15) is 0 Å². The Balaban J connectivity index is 1.49. The van der Waals surface area contributed by atoms with Crippen LogP contribution in [-0.2, 0) is 6.42 Å². The average Bonchev–Trinajstić information content (AvgIpc) is 3.08. The Morgan fingerprint density at radius 1 is 1.26 bits per heavy atom. The van der Waals surface area contributed by atoms with E-state index in [9.17, 15) is 0 Å². The van der Waals surface area contributed by atoms with Gasteiger partial charge in [-0.3, -0.25) is 0 Å². The first kappa shape index (κ1) is 15.3. The number of thiophene rings is 1. The summed E-state index contributed by atoms with van der Waals surface area (Å²) in [5.41, 5.74) is 0.510. The molecule has 2 aliphatic heterocycles. The number of hydrogen-bond acceptors (Lipinski definition) is 5. The lowest BCUT2D eigenvalue weighted by atomic mass is 9.79. The van der Waals surface area contributed by atoms with E-state index in [1.54, 1.807) is 6.33 Å². The van der Waals surface area contributed by atoms with E-state index >= 15 is 0 Å². The molecule has 0 radical (unpaired) electrons. The van der Waals surface area contributed by atoms with Crippen molar-refractivity contribution in [2.75, 3.05) is 37.6 Å². The summed E-state index contributed by atoms with van der Waals surface area (Å²) in [6.07, 6.45) is 4.15. The predicted molar refractivity (Wildman–Crippen MR) is 97.3 cm³/mol. The lowest BCUT2D eigenvalue weighted by Crippen LogP contribution is -2.58. The van der Waals surface area contributed by atoms with Gasteiger partial charge in [-0.15, -0.1) is 11.3 Å². The van der Waals surface area contributed by atoms with Gasteiger partial charge in [0, 0.05) is 36.5 Å². The normalized spacial score (nSPS) is 20.8. The number of nitrogens with zero attached hydrogens (tertiary/aromatic N) is 4. The van der Waals surface area contributed by atoms with Crippen molar-refractivity contribution in [2.24, 2.45) is 11.3 Å². The quantitative estimate of drug-likeness (QED) is 0.860. The van der Waals surface area contributed by atoms with Crippen LogP contribution in [0.25, 0.3) is 10.2 Å². The van der Waals surface area contributed by atoms with E-state index in [2.05, 4.69) is 46.6 Å². The third-order valence-corrected chi connectivity index (χ3v) is 6.39. The first-order chi connectivity index (χ1) is 11.1. The molecule has 0 unspecified atom stereocenters. The fraction of sp³-hybridized carbons (Fsp3) is 0.667. The van der Waals surface area contributed by atoms with Gasteiger partial charge in [0.1, 0.15) is 17.0 Å². The summed E-state index contributed by atoms with van der Waals surface area (Å²) < 4.78 is 0. The molecule has 1 spiro atoms. The average molecular weight is 331 g/mol. The number of aryl methyl sites for hydroxylation is 1. The van der Waals surface area contributed by atoms with Crippen LogP contribution in [0.4, 0.5) is 5.82 Å². The molecule has 0 amide bonds. The van der Waals surface area contributed by atoms with Gasteiger partial charge in [-0.1, -0.05) is 20.8 Å². The lowest BCUT2D eigenvalue weighted by Gasteiger charge is -2.49. The van der Waals surface area contributed by atoms with Crippen LogP contribution in [0.3, 0.4) is 0 Å². The van der Waals surface area contributed by atoms with Gasteiger partial charge in [0.2, 0.25) is 0 Å². The summed E-state index contributed by atoms with van der Waals surface area (Å²) in [7, 11) is 0. The van der Waals surface area contributed by atoms with Crippen molar-refractivity contribution in [2.45, 2.75) is 33.6 Å². The number of fused-ring (bicyclic) bond motifs is 1. The van der Waals surface area contributed by atoms with Crippen LogP contribution in [-0.4, -0.2) is 47.6 Å². The minimum atomic E-state index is 0.510. The Morgan fingerprint density at radius 2 is 2.09 bits per heavy atom. The second-order valence-corrected chi connectivity index (χ2v) is 8.83. The molecule has 2 fully saturated rings. The van der Waals surface area contributed by atoms with Crippen LogP contribution in [0, 0.1) is 11.3 Å². The second kappa shape index (κ2) is 5.71. The fourth-order valence-electron chi connectivity index (χ4n) is 4.19. The highest BCUT2D eigenvalue weighted by molar-refractivity contribution is 7.18. The molecule has 23 heavy (non-hydrogen) atoms. The summed E-state index contributed by atoms with van der Waals surface area (Å²) >= 11 is 1.81. The Kier molecular flexibility index (Phi) is 3.81. The predicted octanol–water partition coefficient (Wildman–Crippen LogP) is 3.42. The van der Waals surface area contributed by atoms with E-state index in [0.717, 1.165) is 36.1 Å². The standard InChI is InChI=1S/C18H26N4S/c1-4-14-7-15-16(19-12-20-17(15)23-14)22-10-18(11-22)5-6-21(9-18)8-13(2)3/h7,12-13H,4-6,8-11H2,1-3H3. The summed E-state index contributed by atoms with van der Waals surface area (Å²) in [4.78, 5) is 16.7. The number of aromatic nitrogens is 2. The molecule has 0 aliphatic carbocycles. The van der Waals surface area contributed by atoms with Gasteiger partial charge in [0.25, 0.3) is 0 Å². The zero-order valence-electron chi connectivity index (χ0n) is 14.4. The van der Waals surface area contributed by atoms with E-state index in [-0.39, 0.29) is 0 Å². The van der Waals surface area contributed by atoms with E-state index in [1.807, 2.05) is 11.3 Å². The van der Waals surface area contributed by atoms with Crippen molar-refractivity contribution in [1.82, 2.24) is 14.9 Å². The van der Waals surface area contributed by atoms with Crippen molar-refractivity contribution in [1.29, 1.82) is 0 Å². The van der Waals surface area contributed by atoms with Crippen molar-refractivity contribution in [3.05, 3.63) is 17.3 Å². The summed E-state index contributed by atoms with van der Waals surface area (Å²) in [6, 6.07) is 2.29. The molecular weight excluding hydrogens is 304 g/mol. The highest BCUT2D eigenvalue weighted by Gasteiger charge is 2.48. The zero-order chi connectivity index (χ0) is 16.0. The molecule has 5 heteroatoms. The maximum atomic E-state index is 4.61. The first-order valence-electron chi connectivity index (χ1n) is 8.79. The minimum Gasteiger partial charge on any atom is -0.355 e. The molecule has 0 bridgehead atoms. The zero-order valence-corrected chi connectivity index (χ0v) is 15.2. The largest absolute Gasteiger partial charge is 0.355 e. The van der Waals surface area contributed by atoms with Crippen molar-refractivity contribution in [3.63, 3.8) is 0 Å². The molecule has 0 aromatic carbocycles. The second-order valence-electron chi connectivity index (χ2n) is 7.72. The highest BCUT2D eigenvalue weighted by Crippen LogP contribution is 2.43. The number of anilines is 1. The topological polar surface area (TPSA) is 32.3 Å². The Labute approximate surface area is 142 Å². The highest BCUT2D eigenvalue weighted by atomic mass is 32.1. The van der Waals surface area contributed by atoms with E-state index < -0.39 is 0 Å². The Morgan fingerprint density at radius 3 is 2.83 bits per heavy atom. The van der Waals surface area contributed by atoms with Gasteiger partial charge in [0.05, 0.1) is 5.39 Å². The van der Waals surface area contributed by atoms with E-state index in [4.69, 9.17) is 0 Å². The molecule has 4 heterocycles. The first-order valence-corrected chi connectivity index (χ1v) is 9.61. The van der Waals surface area contributed by atoms with E-state index in [1.165, 1.54) is 36.3 Å². The maximum absolute atomic E-state index is 4.61. The molecule has 0 N–H and O–H groups in total. The smallest absolute Gasteiger partial charge is 0.140 e. The Hall–Kier alpha value is -1.20. The Bertz CT molecular complexity index is 702. The third kappa shape index (κ3) is 2.74. The molecule has 0 saturated carbocycles. The van der Waals surface area contributed by atoms with Crippen LogP contribution in [0.15, 0.2) is 12.4 Å². The van der Waals surface area contributed by atoms with Crippen LogP contribution >= 0.6 is 11.3 Å². The molecule has 2 aromatic rings. The fourth-order valence-corrected chi connectivity index (χ4v) is 5.12. The molecule has 4 rings (SSSR count). The third-order valence-electron chi connectivity index (χ3n) is 5.20. The van der Waals surface area contributed by atoms with E-state index in [0.29, 0.717) is 5.41 Å². The van der Waals surface area contributed by atoms with Crippen molar-refractivity contribution < 1.29 is 0 Å². The molecule has 0 atom stereocenters. The SMILES string of the molecule is CCc1cc2c(N3CC4(CCN(CC(C)C)C4)C3)ncnc2s1. The molecular formula is C18H26N4S.